The second kappa shape index (κ2) is 6.55. The maximum absolute atomic E-state index is 5.51. The molecule has 0 bridgehead atoms. The fourth-order valence-corrected chi connectivity index (χ4v) is 2.38. The number of anilines is 1. The number of hydrogen-bond acceptors (Lipinski definition) is 4. The summed E-state index contributed by atoms with van der Waals surface area (Å²) < 4.78 is 5.51. The lowest BCUT2D eigenvalue weighted by Gasteiger charge is -2.24. The Hall–Kier alpha value is -1.13. The number of pyridine rings is 1. The first-order valence-electron chi connectivity index (χ1n) is 7.49. The van der Waals surface area contributed by atoms with E-state index in [9.17, 15) is 0 Å². The van der Waals surface area contributed by atoms with Gasteiger partial charge in [0.2, 0.25) is 0 Å². The lowest BCUT2D eigenvalue weighted by Crippen LogP contribution is -2.35. The predicted molar refractivity (Wildman–Crippen MR) is 83.2 cm³/mol. The summed E-state index contributed by atoms with van der Waals surface area (Å²) in [7, 11) is 0. The average molecular weight is 277 g/mol. The molecule has 1 aliphatic heterocycles. The highest BCUT2D eigenvalue weighted by Crippen LogP contribution is 2.19. The van der Waals surface area contributed by atoms with E-state index in [-0.39, 0.29) is 5.54 Å². The Labute approximate surface area is 122 Å². The van der Waals surface area contributed by atoms with E-state index in [2.05, 4.69) is 49.0 Å². The Morgan fingerprint density at radius 2 is 2.10 bits per heavy atom. The molecule has 0 saturated carbocycles. The largest absolute Gasteiger partial charge is 0.380 e. The Morgan fingerprint density at radius 3 is 2.80 bits per heavy atom. The molecule has 2 heterocycles. The number of aromatic nitrogens is 1. The van der Waals surface area contributed by atoms with Crippen molar-refractivity contribution in [3.63, 3.8) is 0 Å². The van der Waals surface area contributed by atoms with E-state index >= 15 is 0 Å². The molecule has 1 aromatic rings. The lowest BCUT2D eigenvalue weighted by atomic mass is 10.1. The van der Waals surface area contributed by atoms with Gasteiger partial charge in [-0.3, -0.25) is 0 Å². The van der Waals surface area contributed by atoms with Gasteiger partial charge in [0, 0.05) is 38.0 Å². The van der Waals surface area contributed by atoms with Crippen LogP contribution in [0.2, 0.25) is 0 Å². The summed E-state index contributed by atoms with van der Waals surface area (Å²) in [5, 5.41) is 3.50. The zero-order valence-corrected chi connectivity index (χ0v) is 13.2. The standard InChI is InChI=1S/C16H27N3O/c1-13-10-14(12-18-16(2,3)4)11-17-15(13)19-6-5-8-20-9-7-19/h10-11,18H,5-9,12H2,1-4H3. The Balaban J connectivity index is 2.05. The van der Waals surface area contributed by atoms with Crippen molar-refractivity contribution in [2.45, 2.75) is 46.2 Å². The number of hydrogen-bond donors (Lipinski definition) is 1. The normalized spacial score (nSPS) is 17.1. The molecule has 1 aliphatic rings. The van der Waals surface area contributed by atoms with E-state index in [1.807, 2.05) is 6.20 Å². The molecule has 1 N–H and O–H groups in total. The van der Waals surface area contributed by atoms with Crippen LogP contribution in [0.4, 0.5) is 5.82 Å². The van der Waals surface area contributed by atoms with Crippen molar-refractivity contribution < 1.29 is 4.74 Å². The molecule has 0 radical (unpaired) electrons. The number of ether oxygens (including phenoxy) is 1. The van der Waals surface area contributed by atoms with Gasteiger partial charge >= 0.3 is 0 Å². The second-order valence-electron chi connectivity index (χ2n) is 6.54. The number of nitrogens with one attached hydrogen (secondary N) is 1. The Morgan fingerprint density at radius 1 is 1.30 bits per heavy atom. The minimum absolute atomic E-state index is 0.134. The van der Waals surface area contributed by atoms with Crippen LogP contribution in [0.1, 0.15) is 38.3 Å². The monoisotopic (exact) mass is 277 g/mol. The van der Waals surface area contributed by atoms with Gasteiger partial charge in [-0.1, -0.05) is 0 Å². The predicted octanol–water partition coefficient (Wildman–Crippen LogP) is 2.50. The molecule has 4 nitrogen and oxygen atoms in total. The maximum Gasteiger partial charge on any atom is 0.131 e. The summed E-state index contributed by atoms with van der Waals surface area (Å²) in [4.78, 5) is 7.01. The van der Waals surface area contributed by atoms with Crippen molar-refractivity contribution in [2.75, 3.05) is 31.2 Å². The minimum Gasteiger partial charge on any atom is -0.380 e. The quantitative estimate of drug-likeness (QED) is 0.921. The molecule has 0 spiro atoms. The molecule has 0 aromatic carbocycles. The molecular formula is C16H27N3O. The molecule has 0 atom stereocenters. The zero-order valence-electron chi connectivity index (χ0n) is 13.2. The third-order valence-electron chi connectivity index (χ3n) is 3.45. The van der Waals surface area contributed by atoms with E-state index in [0.29, 0.717) is 0 Å². The highest BCUT2D eigenvalue weighted by atomic mass is 16.5. The summed E-state index contributed by atoms with van der Waals surface area (Å²) >= 11 is 0. The fraction of sp³-hybridized carbons (Fsp3) is 0.688. The first-order valence-corrected chi connectivity index (χ1v) is 7.49. The Kier molecular flexibility index (Phi) is 5.00. The molecule has 112 valence electrons. The van der Waals surface area contributed by atoms with Crippen molar-refractivity contribution >= 4 is 5.82 Å². The molecule has 4 heteroatoms. The molecule has 1 aromatic heterocycles. The number of rotatable bonds is 3. The first kappa shape index (κ1) is 15.3. The average Bonchev–Trinajstić information content (AvgIpc) is 2.64. The molecule has 1 saturated heterocycles. The Bertz CT molecular complexity index is 432. The molecule has 20 heavy (non-hydrogen) atoms. The van der Waals surface area contributed by atoms with Crippen LogP contribution in [0.25, 0.3) is 0 Å². The molecule has 0 unspecified atom stereocenters. The SMILES string of the molecule is Cc1cc(CNC(C)(C)C)cnc1N1CCCOCC1. The van der Waals surface area contributed by atoms with Crippen LogP contribution in [0.3, 0.4) is 0 Å². The highest BCUT2D eigenvalue weighted by Gasteiger charge is 2.14. The van der Waals surface area contributed by atoms with E-state index in [1.165, 1.54) is 11.1 Å². The van der Waals surface area contributed by atoms with Crippen LogP contribution in [0.5, 0.6) is 0 Å². The summed E-state index contributed by atoms with van der Waals surface area (Å²) in [5.74, 6) is 1.11. The van der Waals surface area contributed by atoms with Gasteiger partial charge in [-0.05, 0) is 51.3 Å². The van der Waals surface area contributed by atoms with Crippen molar-refractivity contribution in [1.82, 2.24) is 10.3 Å². The van der Waals surface area contributed by atoms with Crippen LogP contribution in [-0.2, 0) is 11.3 Å². The van der Waals surface area contributed by atoms with Gasteiger partial charge in [0.05, 0.1) is 6.61 Å². The van der Waals surface area contributed by atoms with Gasteiger partial charge in [-0.15, -0.1) is 0 Å². The van der Waals surface area contributed by atoms with Crippen LogP contribution in [0, 0.1) is 6.92 Å². The summed E-state index contributed by atoms with van der Waals surface area (Å²) in [5.41, 5.74) is 2.63. The molecule has 1 fully saturated rings. The third-order valence-corrected chi connectivity index (χ3v) is 3.45. The molecule has 0 amide bonds. The zero-order chi connectivity index (χ0) is 14.6. The van der Waals surface area contributed by atoms with Gasteiger partial charge in [0.25, 0.3) is 0 Å². The lowest BCUT2D eigenvalue weighted by molar-refractivity contribution is 0.152. The van der Waals surface area contributed by atoms with Gasteiger partial charge in [-0.25, -0.2) is 4.98 Å². The van der Waals surface area contributed by atoms with E-state index < -0.39 is 0 Å². The van der Waals surface area contributed by atoms with Crippen LogP contribution < -0.4 is 10.2 Å². The van der Waals surface area contributed by atoms with E-state index in [0.717, 1.165) is 45.1 Å². The van der Waals surface area contributed by atoms with Gasteiger partial charge in [0.15, 0.2) is 0 Å². The van der Waals surface area contributed by atoms with E-state index in [4.69, 9.17) is 4.74 Å². The van der Waals surface area contributed by atoms with Gasteiger partial charge in [0.1, 0.15) is 5.82 Å². The smallest absolute Gasteiger partial charge is 0.131 e. The molecule has 0 aliphatic carbocycles. The highest BCUT2D eigenvalue weighted by molar-refractivity contribution is 5.47. The van der Waals surface area contributed by atoms with Crippen molar-refractivity contribution in [3.05, 3.63) is 23.4 Å². The van der Waals surface area contributed by atoms with Crippen LogP contribution in [0.15, 0.2) is 12.3 Å². The van der Waals surface area contributed by atoms with E-state index in [1.54, 1.807) is 0 Å². The van der Waals surface area contributed by atoms with Crippen molar-refractivity contribution in [3.8, 4) is 0 Å². The topological polar surface area (TPSA) is 37.4 Å². The second-order valence-corrected chi connectivity index (χ2v) is 6.54. The molecular weight excluding hydrogens is 250 g/mol. The third kappa shape index (κ3) is 4.46. The van der Waals surface area contributed by atoms with Gasteiger partial charge in [-0.2, -0.15) is 0 Å². The number of nitrogens with zero attached hydrogens (tertiary/aromatic N) is 2. The summed E-state index contributed by atoms with van der Waals surface area (Å²) in [6.07, 6.45) is 3.07. The van der Waals surface area contributed by atoms with Crippen molar-refractivity contribution in [2.24, 2.45) is 0 Å². The first-order chi connectivity index (χ1) is 9.46. The summed E-state index contributed by atoms with van der Waals surface area (Å²) in [6.45, 7) is 13.2. The van der Waals surface area contributed by atoms with Crippen molar-refractivity contribution in [1.29, 1.82) is 0 Å². The van der Waals surface area contributed by atoms with Crippen LogP contribution >= 0.6 is 0 Å². The fourth-order valence-electron chi connectivity index (χ4n) is 2.38. The van der Waals surface area contributed by atoms with Gasteiger partial charge < -0.3 is 15.0 Å². The number of aryl methyl sites for hydroxylation is 1. The minimum atomic E-state index is 0.134. The molecule has 2 rings (SSSR count). The van der Waals surface area contributed by atoms with Crippen LogP contribution in [-0.4, -0.2) is 36.8 Å². The maximum atomic E-state index is 5.51. The summed E-state index contributed by atoms with van der Waals surface area (Å²) in [6, 6.07) is 2.24.